The molecule has 3 saturated carbocycles. The van der Waals surface area contributed by atoms with Crippen LogP contribution in [0.5, 0.6) is 0 Å². The van der Waals surface area contributed by atoms with E-state index in [1.807, 2.05) is 0 Å². The van der Waals surface area contributed by atoms with Crippen LogP contribution in [0.4, 0.5) is 0 Å². The highest BCUT2D eigenvalue weighted by atomic mass is 14.7. The first kappa shape index (κ1) is 40.7. The Hall–Kier alpha value is -8.01. The van der Waals surface area contributed by atoms with Crippen LogP contribution < -0.4 is 0 Å². The fourth-order valence-electron chi connectivity index (χ4n) is 13.6. The van der Waals surface area contributed by atoms with E-state index in [1.165, 1.54) is 0 Å². The summed E-state index contributed by atoms with van der Waals surface area (Å²) in [5.41, 5.74) is 15.9. The second-order valence-electron chi connectivity index (χ2n) is 22.0. The van der Waals surface area contributed by atoms with E-state index >= 15 is 0 Å². The van der Waals surface area contributed by atoms with Gasteiger partial charge in [0.2, 0.25) is 0 Å². The molecule has 3 nitrogen and oxygen atoms in total. The van der Waals surface area contributed by atoms with Crippen LogP contribution in [0.2, 0.25) is 0 Å². The van der Waals surface area contributed by atoms with Crippen LogP contribution in [-0.4, -0.2) is 15.0 Å². The zero-order chi connectivity index (χ0) is 47.2. The summed E-state index contributed by atoms with van der Waals surface area (Å²) in [6.45, 7) is 0. The molecule has 0 spiro atoms. The summed E-state index contributed by atoms with van der Waals surface area (Å²) in [5.74, 6) is 5.71. The number of pyridine rings is 3. The largest absolute Gasteiger partial charge is 0.259 e. The van der Waals surface area contributed by atoms with Gasteiger partial charge < -0.3 is 0 Å². The second kappa shape index (κ2) is 15.0. The Labute approximate surface area is 421 Å². The molecule has 3 fully saturated rings. The maximum atomic E-state index is 5.22. The molecule has 4 aromatic carbocycles. The lowest BCUT2D eigenvalue weighted by atomic mass is 9.82. The molecule has 0 aliphatic heterocycles. The number of aromatic nitrogens is 3. The lowest BCUT2D eigenvalue weighted by Gasteiger charge is -2.23. The fraction of sp³-hybridized carbons (Fsp3) is 0.174. The summed E-state index contributed by atoms with van der Waals surface area (Å²) in [4.78, 5) is 15.7. The van der Waals surface area contributed by atoms with Crippen LogP contribution >= 0.6 is 0 Å². The zero-order valence-corrected chi connectivity index (χ0v) is 39.8. The number of hydrogen-bond donors (Lipinski definition) is 0. The first-order valence-electron chi connectivity index (χ1n) is 26.1. The van der Waals surface area contributed by atoms with Gasteiger partial charge >= 0.3 is 0 Å². The fourth-order valence-corrected chi connectivity index (χ4v) is 13.6. The molecule has 3 heteroatoms. The third-order valence-electron chi connectivity index (χ3n) is 18.1. The van der Waals surface area contributed by atoms with Crippen molar-refractivity contribution >= 4 is 0 Å². The van der Waals surface area contributed by atoms with E-state index in [-0.39, 0.29) is 16.2 Å². The third-order valence-corrected chi connectivity index (χ3v) is 18.1. The quantitative estimate of drug-likeness (QED) is 0.135. The lowest BCUT2D eigenvalue weighted by molar-refractivity contribution is 0.812. The van der Waals surface area contributed by atoms with Gasteiger partial charge in [0.1, 0.15) is 0 Å². The van der Waals surface area contributed by atoms with Crippen molar-refractivity contribution in [2.45, 2.75) is 16.2 Å². The topological polar surface area (TPSA) is 38.7 Å². The van der Waals surface area contributed by atoms with Crippen molar-refractivity contribution in [1.82, 2.24) is 15.0 Å². The average molecular weight is 922 g/mol. The second-order valence-corrected chi connectivity index (χ2v) is 22.0. The Morgan fingerprint density at radius 2 is 0.444 bits per heavy atom. The van der Waals surface area contributed by atoms with Gasteiger partial charge in [0.25, 0.3) is 0 Å². The third kappa shape index (κ3) is 6.19. The van der Waals surface area contributed by atoms with Gasteiger partial charge in [0.05, 0.1) is 33.3 Å². The maximum Gasteiger partial charge on any atom is 0.0666 e. The first-order valence-corrected chi connectivity index (χ1v) is 26.1. The Morgan fingerprint density at radius 1 is 0.236 bits per heavy atom. The van der Waals surface area contributed by atoms with E-state index < -0.39 is 0 Å². The number of benzene rings is 4. The van der Waals surface area contributed by atoms with Crippen molar-refractivity contribution in [2.24, 2.45) is 53.3 Å². The minimum Gasteiger partial charge on any atom is -0.259 e. The summed E-state index contributed by atoms with van der Waals surface area (Å²) >= 11 is 0. The van der Waals surface area contributed by atoms with Crippen molar-refractivity contribution in [2.75, 3.05) is 0 Å². The van der Waals surface area contributed by atoms with Gasteiger partial charge in [-0.1, -0.05) is 200 Å². The SMILES string of the molecule is C1=CC2(c3ccc(-c4ccccc4-c4cc(-c5ccccc5-c5ccc(C67C=CC8C(C=C6)C8C=C7)nc5)cc(-c5ccccc5-c5ccc(C67C=CC8C(C=C6)C8C=C7)nc5)c4)cn3)C=CC3C1C3C=C2. The highest BCUT2D eigenvalue weighted by molar-refractivity contribution is 5.94. The van der Waals surface area contributed by atoms with Gasteiger partial charge in [-0.3, -0.25) is 15.0 Å². The first-order chi connectivity index (χ1) is 35.5. The van der Waals surface area contributed by atoms with Crippen molar-refractivity contribution in [1.29, 1.82) is 0 Å². The van der Waals surface area contributed by atoms with E-state index in [1.54, 1.807) is 0 Å². The highest BCUT2D eigenvalue weighted by Crippen LogP contribution is 2.58. The summed E-state index contributed by atoms with van der Waals surface area (Å²) in [6, 6.07) is 47.1. The minimum absolute atomic E-state index is 0.300. The zero-order valence-electron chi connectivity index (χ0n) is 39.8. The molecule has 19 rings (SSSR count). The van der Waals surface area contributed by atoms with Gasteiger partial charge in [-0.25, -0.2) is 0 Å². The van der Waals surface area contributed by atoms with E-state index in [0.29, 0.717) is 53.3 Å². The van der Waals surface area contributed by atoms with E-state index in [4.69, 9.17) is 15.0 Å². The normalized spacial score (nSPS) is 32.2. The number of nitrogens with zero attached hydrogens (tertiary/aromatic N) is 3. The van der Waals surface area contributed by atoms with E-state index in [0.717, 1.165) is 83.8 Å². The van der Waals surface area contributed by atoms with Crippen LogP contribution in [0, 0.1) is 53.3 Å². The summed E-state index contributed by atoms with van der Waals surface area (Å²) in [7, 11) is 0. The van der Waals surface area contributed by atoms with Crippen LogP contribution in [0.1, 0.15) is 17.1 Å². The molecule has 72 heavy (non-hydrogen) atoms. The molecule has 3 heterocycles. The van der Waals surface area contributed by atoms with Crippen LogP contribution in [0.15, 0.2) is 255 Å². The summed E-state index contributed by atoms with van der Waals surface area (Å²) < 4.78 is 0. The predicted octanol–water partition coefficient (Wildman–Crippen LogP) is 15.3. The number of rotatable bonds is 9. The Bertz CT molecular complexity index is 3150. The Morgan fingerprint density at radius 3 is 0.639 bits per heavy atom. The summed E-state index contributed by atoms with van der Waals surface area (Å²) in [5, 5.41) is 0. The van der Waals surface area contributed by atoms with E-state index in [2.05, 4.69) is 255 Å². The molecule has 0 atom stereocenters. The Kier molecular flexibility index (Phi) is 8.48. The molecule has 7 aromatic rings. The molecular formula is C69H51N3. The molecule has 0 unspecified atom stereocenters. The molecule has 0 radical (unpaired) electrons. The molecule has 0 saturated heterocycles. The van der Waals surface area contributed by atoms with Crippen molar-refractivity contribution in [3.63, 3.8) is 0 Å². The smallest absolute Gasteiger partial charge is 0.0666 e. The van der Waals surface area contributed by atoms with Gasteiger partial charge in [-0.15, -0.1) is 0 Å². The molecule has 12 aliphatic carbocycles. The molecular weight excluding hydrogens is 871 g/mol. The standard InChI is InChI=1S/C69H51N3/c1-4-10-52(49(7-1)43-13-16-64(70-40-43)67-28-19-55-56(20-29-67)57(55)21-30-67)46-37-47(53-11-5-2-8-50(53)44-14-17-65(71-41-44)68-31-22-58-59(23-32-68)60(58)24-33-68)39-48(38-46)54-12-6-3-9-51(54)45-15-18-66(72-42-45)69-34-25-61-62(26-35-69)63(61)27-36-69/h1-42,55-63H. The predicted molar refractivity (Wildman–Crippen MR) is 291 cm³/mol. The van der Waals surface area contributed by atoms with Crippen molar-refractivity contribution in [3.05, 3.63) is 272 Å². The van der Waals surface area contributed by atoms with Gasteiger partial charge in [-0.05, 0) is 140 Å². The average Bonchev–Trinajstić information content (AvgIpc) is 4.31. The molecule has 342 valence electrons. The summed E-state index contributed by atoms with van der Waals surface area (Å²) in [6.07, 6.45) is 49.4. The molecule has 3 aromatic heterocycles. The van der Waals surface area contributed by atoms with Gasteiger partial charge in [0, 0.05) is 35.3 Å². The highest BCUT2D eigenvalue weighted by Gasteiger charge is 2.51. The van der Waals surface area contributed by atoms with Crippen LogP contribution in [0.25, 0.3) is 66.8 Å². The number of allylic oxidation sites excluding steroid dienone is 18. The van der Waals surface area contributed by atoms with E-state index in [9.17, 15) is 0 Å². The molecule has 0 amide bonds. The lowest BCUT2D eigenvalue weighted by Crippen LogP contribution is -2.18. The molecule has 0 N–H and O–H groups in total. The van der Waals surface area contributed by atoms with Gasteiger partial charge in [0.15, 0.2) is 0 Å². The minimum atomic E-state index is -0.300. The van der Waals surface area contributed by atoms with Crippen LogP contribution in [0.3, 0.4) is 0 Å². The van der Waals surface area contributed by atoms with Crippen molar-refractivity contribution < 1.29 is 0 Å². The monoisotopic (exact) mass is 921 g/mol. The maximum absolute atomic E-state index is 5.22. The molecule has 12 aliphatic rings. The Balaban J connectivity index is 0.814. The van der Waals surface area contributed by atoms with Crippen LogP contribution in [-0.2, 0) is 16.2 Å². The number of hydrogen-bond acceptors (Lipinski definition) is 3. The van der Waals surface area contributed by atoms with Crippen molar-refractivity contribution in [3.8, 4) is 66.8 Å². The van der Waals surface area contributed by atoms with Gasteiger partial charge in [-0.2, -0.15) is 0 Å². The molecule has 12 bridgehead atoms.